The maximum atomic E-state index is 13.1. The molecule has 2 atom stereocenters. The summed E-state index contributed by atoms with van der Waals surface area (Å²) in [5.74, 6) is 0.585. The van der Waals surface area contributed by atoms with Crippen molar-refractivity contribution in [2.45, 2.75) is 50.6 Å². The van der Waals surface area contributed by atoms with Crippen molar-refractivity contribution in [3.63, 3.8) is 0 Å². The molecule has 160 valence electrons. The van der Waals surface area contributed by atoms with Crippen LogP contribution in [0.2, 0.25) is 0 Å². The Balaban J connectivity index is 0.00000150. The fourth-order valence-electron chi connectivity index (χ4n) is 4.86. The molecule has 0 aromatic heterocycles. The van der Waals surface area contributed by atoms with E-state index in [0.29, 0.717) is 12.1 Å². The molecular formula is C24H33Cl2FN2. The maximum Gasteiger partial charge on any atom is 0.123 e. The molecular weight excluding hydrogens is 406 g/mol. The van der Waals surface area contributed by atoms with Crippen LogP contribution in [0, 0.1) is 11.7 Å². The van der Waals surface area contributed by atoms with Gasteiger partial charge >= 0.3 is 0 Å². The fourth-order valence-corrected chi connectivity index (χ4v) is 4.86. The highest BCUT2D eigenvalue weighted by Crippen LogP contribution is 2.27. The molecule has 2 aliphatic heterocycles. The van der Waals surface area contributed by atoms with E-state index in [4.69, 9.17) is 0 Å². The summed E-state index contributed by atoms with van der Waals surface area (Å²) in [5, 5.41) is 3.75. The summed E-state index contributed by atoms with van der Waals surface area (Å²) < 4.78 is 13.1. The van der Waals surface area contributed by atoms with E-state index in [1.54, 1.807) is 12.1 Å². The first-order chi connectivity index (χ1) is 13.3. The second-order valence-electron chi connectivity index (χ2n) is 8.27. The lowest BCUT2D eigenvalue weighted by atomic mass is 9.87. The third-order valence-corrected chi connectivity index (χ3v) is 6.41. The number of nitrogens with zero attached hydrogens (tertiary/aromatic N) is 1. The smallest absolute Gasteiger partial charge is 0.123 e. The van der Waals surface area contributed by atoms with E-state index < -0.39 is 0 Å². The van der Waals surface area contributed by atoms with Gasteiger partial charge in [0.15, 0.2) is 0 Å². The summed E-state index contributed by atoms with van der Waals surface area (Å²) in [6.07, 6.45) is 7.31. The Kier molecular flexibility index (Phi) is 9.91. The highest BCUT2D eigenvalue weighted by molar-refractivity contribution is 5.85. The molecule has 0 aliphatic carbocycles. The van der Waals surface area contributed by atoms with Crippen LogP contribution < -0.4 is 5.32 Å². The van der Waals surface area contributed by atoms with Gasteiger partial charge < -0.3 is 5.32 Å². The molecule has 2 aromatic rings. The lowest BCUT2D eigenvalue weighted by molar-refractivity contribution is 0.110. The maximum absolute atomic E-state index is 13.1. The highest BCUT2D eigenvalue weighted by atomic mass is 35.5. The quantitative estimate of drug-likeness (QED) is 0.658. The molecule has 5 heteroatoms. The molecule has 1 N–H and O–H groups in total. The minimum absolute atomic E-state index is 0. The molecule has 2 aromatic carbocycles. The topological polar surface area (TPSA) is 15.3 Å². The van der Waals surface area contributed by atoms with Crippen LogP contribution in [0.4, 0.5) is 4.39 Å². The third-order valence-electron chi connectivity index (χ3n) is 6.41. The number of nitrogens with one attached hydrogen (secondary N) is 1. The number of piperidine rings is 1. The van der Waals surface area contributed by atoms with E-state index >= 15 is 0 Å². The zero-order valence-electron chi connectivity index (χ0n) is 16.9. The van der Waals surface area contributed by atoms with Gasteiger partial charge in [0, 0.05) is 12.1 Å². The van der Waals surface area contributed by atoms with Crippen molar-refractivity contribution in [2.24, 2.45) is 5.92 Å². The molecule has 4 rings (SSSR count). The van der Waals surface area contributed by atoms with Gasteiger partial charge in [0.2, 0.25) is 0 Å². The Morgan fingerprint density at radius 3 is 2.21 bits per heavy atom. The van der Waals surface area contributed by atoms with E-state index in [9.17, 15) is 4.39 Å². The first-order valence-electron chi connectivity index (χ1n) is 10.5. The number of hydrogen-bond acceptors (Lipinski definition) is 2. The molecule has 2 heterocycles. The van der Waals surface area contributed by atoms with Crippen molar-refractivity contribution in [2.75, 3.05) is 19.6 Å². The molecule has 0 amide bonds. The van der Waals surface area contributed by atoms with Gasteiger partial charge in [0.05, 0.1) is 0 Å². The SMILES string of the molecule is Cl.Cl.Fc1ccc(CC2CCN(C(Cc3ccccc3)C3CCCN3)CC2)cc1. The first kappa shape index (κ1) is 24.1. The summed E-state index contributed by atoms with van der Waals surface area (Å²) in [6, 6.07) is 19.2. The number of likely N-dealkylation sites (tertiary alicyclic amines) is 1. The van der Waals surface area contributed by atoms with Crippen molar-refractivity contribution in [1.82, 2.24) is 10.2 Å². The Morgan fingerprint density at radius 2 is 1.59 bits per heavy atom. The van der Waals surface area contributed by atoms with Gasteiger partial charge in [-0.05, 0) is 87.3 Å². The van der Waals surface area contributed by atoms with Crippen LogP contribution in [-0.2, 0) is 12.8 Å². The van der Waals surface area contributed by atoms with E-state index in [-0.39, 0.29) is 30.6 Å². The lowest BCUT2D eigenvalue weighted by Gasteiger charge is -2.40. The molecule has 0 saturated carbocycles. The van der Waals surface area contributed by atoms with Crippen molar-refractivity contribution in [3.05, 3.63) is 71.5 Å². The Morgan fingerprint density at radius 1 is 0.897 bits per heavy atom. The monoisotopic (exact) mass is 438 g/mol. The average molecular weight is 439 g/mol. The summed E-state index contributed by atoms with van der Waals surface area (Å²) in [7, 11) is 0. The molecule has 2 fully saturated rings. The van der Waals surface area contributed by atoms with E-state index in [1.807, 2.05) is 12.1 Å². The van der Waals surface area contributed by atoms with Gasteiger partial charge in [-0.1, -0.05) is 42.5 Å². The van der Waals surface area contributed by atoms with Crippen LogP contribution in [0.1, 0.15) is 36.8 Å². The van der Waals surface area contributed by atoms with E-state index in [1.165, 1.54) is 49.9 Å². The average Bonchev–Trinajstić information content (AvgIpc) is 3.24. The predicted octanol–water partition coefficient (Wildman–Crippen LogP) is 5.29. The van der Waals surface area contributed by atoms with E-state index in [2.05, 4.69) is 40.5 Å². The Hall–Kier alpha value is -1.13. The second-order valence-corrected chi connectivity index (χ2v) is 8.27. The van der Waals surface area contributed by atoms with Gasteiger partial charge in [-0.2, -0.15) is 0 Å². The van der Waals surface area contributed by atoms with Crippen LogP contribution in [0.15, 0.2) is 54.6 Å². The molecule has 2 nitrogen and oxygen atoms in total. The molecule has 0 spiro atoms. The predicted molar refractivity (Wildman–Crippen MR) is 124 cm³/mol. The summed E-state index contributed by atoms with van der Waals surface area (Å²) in [4.78, 5) is 2.73. The van der Waals surface area contributed by atoms with Crippen LogP contribution in [-0.4, -0.2) is 36.6 Å². The number of rotatable bonds is 6. The number of halogens is 3. The van der Waals surface area contributed by atoms with Crippen LogP contribution in [0.25, 0.3) is 0 Å². The van der Waals surface area contributed by atoms with Gasteiger partial charge in [-0.3, -0.25) is 4.90 Å². The lowest BCUT2D eigenvalue weighted by Crippen LogP contribution is -2.51. The normalized spacial score (nSPS) is 21.2. The molecule has 2 aliphatic rings. The van der Waals surface area contributed by atoms with Gasteiger partial charge in [0.25, 0.3) is 0 Å². The van der Waals surface area contributed by atoms with Crippen molar-refractivity contribution >= 4 is 24.8 Å². The third kappa shape index (κ3) is 6.68. The summed E-state index contributed by atoms with van der Waals surface area (Å²) in [5.41, 5.74) is 2.72. The minimum atomic E-state index is -0.138. The highest BCUT2D eigenvalue weighted by Gasteiger charge is 2.32. The summed E-state index contributed by atoms with van der Waals surface area (Å²) >= 11 is 0. The zero-order valence-corrected chi connectivity index (χ0v) is 18.6. The van der Waals surface area contributed by atoms with E-state index in [0.717, 1.165) is 25.3 Å². The Labute approximate surface area is 187 Å². The molecule has 2 saturated heterocycles. The van der Waals surface area contributed by atoms with Crippen LogP contribution in [0.3, 0.4) is 0 Å². The second kappa shape index (κ2) is 11.9. The molecule has 0 bridgehead atoms. The van der Waals surface area contributed by atoms with Gasteiger partial charge in [-0.15, -0.1) is 24.8 Å². The van der Waals surface area contributed by atoms with Gasteiger partial charge in [0.1, 0.15) is 5.82 Å². The number of benzene rings is 2. The number of hydrogen-bond donors (Lipinski definition) is 1. The molecule has 2 unspecified atom stereocenters. The van der Waals surface area contributed by atoms with Crippen molar-refractivity contribution < 1.29 is 4.39 Å². The largest absolute Gasteiger partial charge is 0.312 e. The molecule has 29 heavy (non-hydrogen) atoms. The Bertz CT molecular complexity index is 697. The summed E-state index contributed by atoms with van der Waals surface area (Å²) in [6.45, 7) is 3.53. The van der Waals surface area contributed by atoms with Gasteiger partial charge in [-0.25, -0.2) is 4.39 Å². The first-order valence-corrected chi connectivity index (χ1v) is 10.5. The minimum Gasteiger partial charge on any atom is -0.312 e. The molecule has 0 radical (unpaired) electrons. The zero-order chi connectivity index (χ0) is 18.5. The standard InChI is InChI=1S/C24H31FN2.2ClH/c25-22-10-8-20(9-11-22)17-21-12-15-27(16-13-21)24(23-7-4-14-26-23)18-19-5-2-1-3-6-19;;/h1-3,5-6,8-11,21,23-24,26H,4,7,12-18H2;2*1H. The van der Waals surface area contributed by atoms with Crippen molar-refractivity contribution in [1.29, 1.82) is 0 Å². The van der Waals surface area contributed by atoms with Crippen LogP contribution in [0.5, 0.6) is 0 Å². The van der Waals surface area contributed by atoms with Crippen LogP contribution >= 0.6 is 24.8 Å². The fraction of sp³-hybridized carbons (Fsp3) is 0.500. The van der Waals surface area contributed by atoms with Crippen molar-refractivity contribution in [3.8, 4) is 0 Å².